The van der Waals surface area contributed by atoms with Gasteiger partial charge in [0.2, 0.25) is 0 Å². The standard InChI is InChI=1S/C15H20N2/c1-11(16)9-10-14-15(2,3)12-7-5-6-8-13(12)17(14)4/h5-10H,16H2,1-4H3/b11-9-,14-10-. The molecule has 90 valence electrons. The second-order valence-corrected chi connectivity index (χ2v) is 5.16. The van der Waals surface area contributed by atoms with E-state index in [9.17, 15) is 0 Å². The van der Waals surface area contributed by atoms with Gasteiger partial charge in [-0.05, 0) is 30.7 Å². The van der Waals surface area contributed by atoms with E-state index in [1.54, 1.807) is 0 Å². The number of benzene rings is 1. The molecule has 17 heavy (non-hydrogen) atoms. The van der Waals surface area contributed by atoms with Crippen LogP contribution in [0, 0.1) is 0 Å². The maximum absolute atomic E-state index is 5.71. The Morgan fingerprint density at radius 1 is 1.29 bits per heavy atom. The molecule has 0 radical (unpaired) electrons. The summed E-state index contributed by atoms with van der Waals surface area (Å²) >= 11 is 0. The van der Waals surface area contributed by atoms with E-state index in [1.807, 2.05) is 13.0 Å². The summed E-state index contributed by atoms with van der Waals surface area (Å²) in [6, 6.07) is 8.54. The van der Waals surface area contributed by atoms with Crippen molar-refractivity contribution in [2.75, 3.05) is 11.9 Å². The first-order valence-corrected chi connectivity index (χ1v) is 5.92. The van der Waals surface area contributed by atoms with Crippen molar-refractivity contribution in [1.29, 1.82) is 0 Å². The average molecular weight is 228 g/mol. The maximum Gasteiger partial charge on any atom is 0.0447 e. The van der Waals surface area contributed by atoms with E-state index in [4.69, 9.17) is 5.73 Å². The zero-order valence-corrected chi connectivity index (χ0v) is 11.0. The number of fused-ring (bicyclic) bond motifs is 1. The molecule has 0 spiro atoms. The molecule has 1 aliphatic rings. The second-order valence-electron chi connectivity index (χ2n) is 5.16. The van der Waals surface area contributed by atoms with Gasteiger partial charge in [0.05, 0.1) is 0 Å². The van der Waals surface area contributed by atoms with Crippen LogP contribution >= 0.6 is 0 Å². The Morgan fingerprint density at radius 3 is 2.53 bits per heavy atom. The molecule has 2 heteroatoms. The first-order valence-electron chi connectivity index (χ1n) is 5.92. The van der Waals surface area contributed by atoms with E-state index in [0.29, 0.717) is 0 Å². The summed E-state index contributed by atoms with van der Waals surface area (Å²) in [7, 11) is 2.11. The van der Waals surface area contributed by atoms with Crippen LogP contribution in [0.4, 0.5) is 5.69 Å². The maximum atomic E-state index is 5.71. The molecule has 2 rings (SSSR count). The lowest BCUT2D eigenvalue weighted by Gasteiger charge is -2.23. The fraction of sp³-hybridized carbons (Fsp3) is 0.333. The summed E-state index contributed by atoms with van der Waals surface area (Å²) in [5.74, 6) is 0. The third-order valence-electron chi connectivity index (χ3n) is 3.44. The van der Waals surface area contributed by atoms with Gasteiger partial charge in [-0.15, -0.1) is 0 Å². The Balaban J connectivity index is 2.54. The fourth-order valence-corrected chi connectivity index (χ4v) is 2.51. The van der Waals surface area contributed by atoms with Gasteiger partial charge in [-0.25, -0.2) is 0 Å². The second kappa shape index (κ2) is 3.95. The lowest BCUT2D eigenvalue weighted by Crippen LogP contribution is -2.22. The number of allylic oxidation sites excluding steroid dienone is 4. The predicted octanol–water partition coefficient (Wildman–Crippen LogP) is 3.16. The summed E-state index contributed by atoms with van der Waals surface area (Å²) < 4.78 is 0. The number of nitrogens with two attached hydrogens (primary N) is 1. The first-order chi connectivity index (χ1) is 7.94. The molecule has 0 aliphatic carbocycles. The first kappa shape index (κ1) is 11.8. The number of likely N-dealkylation sites (N-methyl/N-ethyl adjacent to an activating group) is 1. The highest BCUT2D eigenvalue weighted by atomic mass is 15.2. The molecule has 0 aromatic heterocycles. The fourth-order valence-electron chi connectivity index (χ4n) is 2.51. The molecule has 0 fully saturated rings. The van der Waals surface area contributed by atoms with Crippen LogP contribution in [0.25, 0.3) is 0 Å². The van der Waals surface area contributed by atoms with Crippen molar-refractivity contribution < 1.29 is 0 Å². The zero-order valence-electron chi connectivity index (χ0n) is 11.0. The molecule has 0 bridgehead atoms. The van der Waals surface area contributed by atoms with E-state index in [1.165, 1.54) is 16.9 Å². The van der Waals surface area contributed by atoms with E-state index in [-0.39, 0.29) is 5.41 Å². The minimum absolute atomic E-state index is 0.0390. The van der Waals surface area contributed by atoms with Crippen molar-refractivity contribution in [1.82, 2.24) is 0 Å². The van der Waals surface area contributed by atoms with Crippen LogP contribution < -0.4 is 10.6 Å². The van der Waals surface area contributed by atoms with Crippen LogP contribution in [0.15, 0.2) is 47.8 Å². The van der Waals surface area contributed by atoms with Gasteiger partial charge in [-0.3, -0.25) is 0 Å². The highest BCUT2D eigenvalue weighted by Gasteiger charge is 2.37. The van der Waals surface area contributed by atoms with Gasteiger partial charge in [0.1, 0.15) is 0 Å². The lowest BCUT2D eigenvalue weighted by atomic mass is 9.84. The van der Waals surface area contributed by atoms with Crippen molar-refractivity contribution in [3.8, 4) is 0 Å². The van der Waals surface area contributed by atoms with Crippen LogP contribution in [0.1, 0.15) is 26.3 Å². The van der Waals surface area contributed by atoms with Crippen LogP contribution in [0.5, 0.6) is 0 Å². The molecule has 0 saturated carbocycles. The minimum Gasteiger partial charge on any atom is -0.402 e. The van der Waals surface area contributed by atoms with Crippen LogP contribution in [-0.4, -0.2) is 7.05 Å². The molecule has 1 aliphatic heterocycles. The third-order valence-corrected chi connectivity index (χ3v) is 3.44. The number of hydrogen-bond donors (Lipinski definition) is 1. The van der Waals surface area contributed by atoms with Crippen LogP contribution in [0.2, 0.25) is 0 Å². The molecule has 0 saturated heterocycles. The molecule has 1 aromatic carbocycles. The largest absolute Gasteiger partial charge is 0.402 e. The van der Waals surface area contributed by atoms with E-state index >= 15 is 0 Å². The number of para-hydroxylation sites is 1. The SMILES string of the molecule is C/C(N)=C/C=C1\N(C)c2ccccc2C1(C)C. The summed E-state index contributed by atoms with van der Waals surface area (Å²) in [6.45, 7) is 6.41. The summed E-state index contributed by atoms with van der Waals surface area (Å²) in [4.78, 5) is 2.24. The van der Waals surface area contributed by atoms with Crippen molar-refractivity contribution in [2.45, 2.75) is 26.2 Å². The van der Waals surface area contributed by atoms with Gasteiger partial charge >= 0.3 is 0 Å². The van der Waals surface area contributed by atoms with E-state index < -0.39 is 0 Å². The molecule has 1 aromatic rings. The normalized spacial score (nSPS) is 20.8. The topological polar surface area (TPSA) is 29.3 Å². The number of nitrogens with zero attached hydrogens (tertiary/aromatic N) is 1. The Labute approximate surface area is 103 Å². The van der Waals surface area contributed by atoms with Crippen molar-refractivity contribution in [2.24, 2.45) is 5.73 Å². The summed E-state index contributed by atoms with van der Waals surface area (Å²) in [5.41, 5.74) is 10.5. The molecule has 0 atom stereocenters. The van der Waals surface area contributed by atoms with Crippen molar-refractivity contribution >= 4 is 5.69 Å². The Bertz CT molecular complexity index is 491. The quantitative estimate of drug-likeness (QED) is 0.800. The summed E-state index contributed by atoms with van der Waals surface area (Å²) in [5, 5.41) is 0. The minimum atomic E-state index is 0.0390. The van der Waals surface area contributed by atoms with Crippen molar-refractivity contribution in [3.63, 3.8) is 0 Å². The highest BCUT2D eigenvalue weighted by Crippen LogP contribution is 2.46. The third kappa shape index (κ3) is 1.84. The Hall–Kier alpha value is -1.70. The Morgan fingerprint density at radius 2 is 1.94 bits per heavy atom. The highest BCUT2D eigenvalue weighted by molar-refractivity contribution is 5.70. The molecule has 0 unspecified atom stereocenters. The van der Waals surface area contributed by atoms with Gasteiger partial charge in [0, 0.05) is 29.5 Å². The van der Waals surface area contributed by atoms with Crippen LogP contribution in [0.3, 0.4) is 0 Å². The zero-order chi connectivity index (χ0) is 12.6. The van der Waals surface area contributed by atoms with Gasteiger partial charge in [-0.2, -0.15) is 0 Å². The van der Waals surface area contributed by atoms with Gasteiger partial charge in [0.15, 0.2) is 0 Å². The molecule has 2 N–H and O–H groups in total. The molecular formula is C15H20N2. The Kier molecular flexibility index (Phi) is 2.74. The molecule has 2 nitrogen and oxygen atoms in total. The molecular weight excluding hydrogens is 208 g/mol. The van der Waals surface area contributed by atoms with Gasteiger partial charge < -0.3 is 10.6 Å². The van der Waals surface area contributed by atoms with Gasteiger partial charge in [-0.1, -0.05) is 32.0 Å². The predicted molar refractivity (Wildman–Crippen MR) is 73.9 cm³/mol. The molecule has 1 heterocycles. The van der Waals surface area contributed by atoms with Crippen molar-refractivity contribution in [3.05, 3.63) is 53.4 Å². The number of anilines is 1. The van der Waals surface area contributed by atoms with E-state index in [2.05, 4.69) is 56.1 Å². The summed E-state index contributed by atoms with van der Waals surface area (Å²) in [6.07, 6.45) is 4.09. The smallest absolute Gasteiger partial charge is 0.0447 e. The molecule has 0 amide bonds. The van der Waals surface area contributed by atoms with E-state index in [0.717, 1.165) is 5.70 Å². The number of hydrogen-bond acceptors (Lipinski definition) is 2. The van der Waals surface area contributed by atoms with Crippen LogP contribution in [-0.2, 0) is 5.41 Å². The average Bonchev–Trinajstić information content (AvgIpc) is 2.46. The number of rotatable bonds is 1. The lowest BCUT2D eigenvalue weighted by molar-refractivity contribution is 0.640. The monoisotopic (exact) mass is 228 g/mol. The van der Waals surface area contributed by atoms with Gasteiger partial charge in [0.25, 0.3) is 0 Å².